The number of benzene rings is 1. The minimum absolute atomic E-state index is 0.316. The van der Waals surface area contributed by atoms with Gasteiger partial charge < -0.3 is 14.2 Å². The number of rotatable bonds is 9. The maximum absolute atomic E-state index is 11.8. The average Bonchev–Trinajstić information content (AvgIpc) is 2.49. The van der Waals surface area contributed by atoms with Crippen molar-refractivity contribution in [2.24, 2.45) is 0 Å². The molecule has 1 aromatic rings. The van der Waals surface area contributed by atoms with Crippen molar-refractivity contribution in [2.45, 2.75) is 19.4 Å². The van der Waals surface area contributed by atoms with Crippen LogP contribution in [0.5, 0.6) is 5.75 Å². The number of hydrogen-bond donors (Lipinski definition) is 1. The highest BCUT2D eigenvalue weighted by atomic mass is 16.5. The molecule has 0 bridgehead atoms. The van der Waals surface area contributed by atoms with E-state index in [0.29, 0.717) is 19.8 Å². The minimum Gasteiger partial charge on any atom is -0.494 e. The molecule has 5 heteroatoms. The normalized spacial score (nSPS) is 11.9. The molecule has 0 spiro atoms. The Bertz CT molecular complexity index is 391. The van der Waals surface area contributed by atoms with Gasteiger partial charge >= 0.3 is 5.97 Å². The number of esters is 1. The summed E-state index contributed by atoms with van der Waals surface area (Å²) in [7, 11) is 3.00. The van der Waals surface area contributed by atoms with E-state index in [0.717, 1.165) is 17.7 Å². The lowest BCUT2D eigenvalue weighted by Crippen LogP contribution is -2.31. The van der Waals surface area contributed by atoms with Crippen molar-refractivity contribution in [3.63, 3.8) is 0 Å². The summed E-state index contributed by atoms with van der Waals surface area (Å²) in [5.74, 6) is 0.486. The maximum atomic E-state index is 11.8. The van der Waals surface area contributed by atoms with E-state index < -0.39 is 6.04 Å². The summed E-state index contributed by atoms with van der Waals surface area (Å²) >= 11 is 0. The minimum atomic E-state index is -0.490. The van der Waals surface area contributed by atoms with Crippen LogP contribution < -0.4 is 10.1 Å². The summed E-state index contributed by atoms with van der Waals surface area (Å²) in [6.45, 7) is 3.85. The third-order valence-corrected chi connectivity index (χ3v) is 2.78. The van der Waals surface area contributed by atoms with E-state index in [1.165, 1.54) is 7.11 Å². The van der Waals surface area contributed by atoms with Gasteiger partial charge in [0.15, 0.2) is 0 Å². The molecule has 0 aromatic heterocycles. The third kappa shape index (κ3) is 5.19. The third-order valence-electron chi connectivity index (χ3n) is 2.78. The van der Waals surface area contributed by atoms with E-state index in [1.807, 2.05) is 24.3 Å². The second-order valence-corrected chi connectivity index (χ2v) is 4.32. The van der Waals surface area contributed by atoms with Gasteiger partial charge in [-0.2, -0.15) is 0 Å². The van der Waals surface area contributed by atoms with Crippen molar-refractivity contribution in [2.75, 3.05) is 34.0 Å². The lowest BCUT2D eigenvalue weighted by atomic mass is 10.1. The zero-order chi connectivity index (χ0) is 14.8. The van der Waals surface area contributed by atoms with Crippen LogP contribution in [-0.2, 0) is 14.3 Å². The van der Waals surface area contributed by atoms with Crippen molar-refractivity contribution in [1.29, 1.82) is 0 Å². The van der Waals surface area contributed by atoms with E-state index in [9.17, 15) is 4.79 Å². The topological polar surface area (TPSA) is 56.8 Å². The van der Waals surface area contributed by atoms with Gasteiger partial charge in [0.1, 0.15) is 11.8 Å². The molecular weight excluding hydrogens is 258 g/mol. The van der Waals surface area contributed by atoms with Crippen molar-refractivity contribution >= 4 is 5.97 Å². The van der Waals surface area contributed by atoms with Gasteiger partial charge in [0.25, 0.3) is 0 Å². The number of hydrogen-bond acceptors (Lipinski definition) is 5. The van der Waals surface area contributed by atoms with Crippen LogP contribution in [-0.4, -0.2) is 39.9 Å². The SMILES string of the molecule is CCCOc1ccc(C(NCCOC)C(=O)OC)cc1. The van der Waals surface area contributed by atoms with Crippen molar-refractivity contribution in [3.05, 3.63) is 29.8 Å². The Morgan fingerprint density at radius 1 is 1.20 bits per heavy atom. The van der Waals surface area contributed by atoms with Gasteiger partial charge in [-0.25, -0.2) is 4.79 Å². The van der Waals surface area contributed by atoms with Crippen LogP contribution >= 0.6 is 0 Å². The zero-order valence-corrected chi connectivity index (χ0v) is 12.3. The Hall–Kier alpha value is -1.59. The number of methoxy groups -OCH3 is 2. The summed E-state index contributed by atoms with van der Waals surface area (Å²) in [6.07, 6.45) is 0.963. The summed E-state index contributed by atoms with van der Waals surface area (Å²) in [5, 5.41) is 3.11. The van der Waals surface area contributed by atoms with Crippen molar-refractivity contribution in [3.8, 4) is 5.75 Å². The Kier molecular flexibility index (Phi) is 7.69. The van der Waals surface area contributed by atoms with Crippen LogP contribution in [0.3, 0.4) is 0 Å². The first-order valence-corrected chi connectivity index (χ1v) is 6.75. The number of ether oxygens (including phenoxy) is 3. The molecule has 0 aliphatic carbocycles. The fourth-order valence-corrected chi connectivity index (χ4v) is 1.74. The smallest absolute Gasteiger partial charge is 0.327 e. The van der Waals surface area contributed by atoms with Crippen LogP contribution in [0.4, 0.5) is 0 Å². The Morgan fingerprint density at radius 3 is 2.45 bits per heavy atom. The average molecular weight is 281 g/mol. The highest BCUT2D eigenvalue weighted by molar-refractivity contribution is 5.77. The van der Waals surface area contributed by atoms with Crippen LogP contribution in [0.1, 0.15) is 24.9 Å². The number of nitrogens with one attached hydrogen (secondary N) is 1. The van der Waals surface area contributed by atoms with Gasteiger partial charge in [-0.1, -0.05) is 19.1 Å². The van der Waals surface area contributed by atoms with E-state index in [2.05, 4.69) is 12.2 Å². The van der Waals surface area contributed by atoms with E-state index in [1.54, 1.807) is 7.11 Å². The van der Waals surface area contributed by atoms with Crippen LogP contribution in [0.2, 0.25) is 0 Å². The number of carbonyl (C=O) groups excluding carboxylic acids is 1. The summed E-state index contributed by atoms with van der Waals surface area (Å²) in [5.41, 5.74) is 0.844. The van der Waals surface area contributed by atoms with Gasteiger partial charge in [-0.3, -0.25) is 5.32 Å². The fraction of sp³-hybridized carbons (Fsp3) is 0.533. The highest BCUT2D eigenvalue weighted by Gasteiger charge is 2.20. The first-order chi connectivity index (χ1) is 9.72. The summed E-state index contributed by atoms with van der Waals surface area (Å²) in [6, 6.07) is 6.96. The molecule has 0 saturated carbocycles. The van der Waals surface area contributed by atoms with Gasteiger partial charge in [0.2, 0.25) is 0 Å². The van der Waals surface area contributed by atoms with Crippen LogP contribution in [0.15, 0.2) is 24.3 Å². The van der Waals surface area contributed by atoms with Gasteiger partial charge in [-0.15, -0.1) is 0 Å². The first kappa shape index (κ1) is 16.5. The Labute approximate surface area is 120 Å². The van der Waals surface area contributed by atoms with Crippen LogP contribution in [0, 0.1) is 0 Å². The molecule has 0 aliphatic heterocycles. The van der Waals surface area contributed by atoms with E-state index in [4.69, 9.17) is 14.2 Å². The molecule has 112 valence electrons. The summed E-state index contributed by atoms with van der Waals surface area (Å²) < 4.78 is 15.3. The predicted molar refractivity (Wildman–Crippen MR) is 76.9 cm³/mol. The van der Waals surface area contributed by atoms with Crippen molar-refractivity contribution in [1.82, 2.24) is 5.32 Å². The quantitative estimate of drug-likeness (QED) is 0.553. The Balaban J connectivity index is 2.71. The molecule has 0 heterocycles. The van der Waals surface area contributed by atoms with E-state index in [-0.39, 0.29) is 5.97 Å². The fourth-order valence-electron chi connectivity index (χ4n) is 1.74. The molecule has 0 aliphatic rings. The molecule has 0 amide bonds. The monoisotopic (exact) mass is 281 g/mol. The Morgan fingerprint density at radius 2 is 1.90 bits per heavy atom. The molecule has 20 heavy (non-hydrogen) atoms. The molecule has 1 unspecified atom stereocenters. The predicted octanol–water partition coefficient (Wildman–Crippen LogP) is 1.93. The second-order valence-electron chi connectivity index (χ2n) is 4.32. The molecule has 5 nitrogen and oxygen atoms in total. The highest BCUT2D eigenvalue weighted by Crippen LogP contribution is 2.19. The lowest BCUT2D eigenvalue weighted by Gasteiger charge is -2.17. The molecule has 0 radical (unpaired) electrons. The molecule has 0 fully saturated rings. The molecular formula is C15H23NO4. The lowest BCUT2D eigenvalue weighted by molar-refractivity contribution is -0.143. The second kappa shape index (κ2) is 9.34. The zero-order valence-electron chi connectivity index (χ0n) is 12.3. The molecule has 1 aromatic carbocycles. The largest absolute Gasteiger partial charge is 0.494 e. The first-order valence-electron chi connectivity index (χ1n) is 6.75. The summed E-state index contributed by atoms with van der Waals surface area (Å²) in [4.78, 5) is 11.8. The van der Waals surface area contributed by atoms with Crippen molar-refractivity contribution < 1.29 is 19.0 Å². The molecule has 1 rings (SSSR count). The van der Waals surface area contributed by atoms with Gasteiger partial charge in [0.05, 0.1) is 20.3 Å². The van der Waals surface area contributed by atoms with Gasteiger partial charge in [0, 0.05) is 13.7 Å². The van der Waals surface area contributed by atoms with Gasteiger partial charge in [-0.05, 0) is 24.1 Å². The standard InChI is InChI=1S/C15H23NO4/c1-4-10-20-13-7-5-12(6-8-13)14(15(17)19-3)16-9-11-18-2/h5-8,14,16H,4,9-11H2,1-3H3. The molecule has 1 atom stereocenters. The molecule has 0 saturated heterocycles. The van der Waals surface area contributed by atoms with E-state index >= 15 is 0 Å². The van der Waals surface area contributed by atoms with Crippen LogP contribution in [0.25, 0.3) is 0 Å². The maximum Gasteiger partial charge on any atom is 0.327 e. The number of carbonyl (C=O) groups is 1. The molecule has 1 N–H and O–H groups in total.